The van der Waals surface area contributed by atoms with Gasteiger partial charge in [-0.3, -0.25) is 0 Å². The summed E-state index contributed by atoms with van der Waals surface area (Å²) in [5.74, 6) is 0.959. The van der Waals surface area contributed by atoms with Crippen LogP contribution in [0, 0.1) is 0 Å². The van der Waals surface area contributed by atoms with Crippen molar-refractivity contribution in [3.63, 3.8) is 0 Å². The highest BCUT2D eigenvalue weighted by molar-refractivity contribution is 5.36. The van der Waals surface area contributed by atoms with Crippen molar-refractivity contribution in [2.45, 2.75) is 32.9 Å². The van der Waals surface area contributed by atoms with Gasteiger partial charge < -0.3 is 15.0 Å². The number of ether oxygens (including phenoxy) is 1. The number of para-hydroxylation sites is 1. The van der Waals surface area contributed by atoms with Crippen molar-refractivity contribution in [1.82, 2.24) is 10.2 Å². The van der Waals surface area contributed by atoms with E-state index in [-0.39, 0.29) is 0 Å². The van der Waals surface area contributed by atoms with E-state index in [1.165, 1.54) is 5.56 Å². The number of benzene rings is 1. The van der Waals surface area contributed by atoms with E-state index >= 15 is 0 Å². The number of nitrogens with one attached hydrogen (secondary N) is 1. The molecule has 0 fully saturated rings. The average Bonchev–Trinajstić information content (AvgIpc) is 2.38. The van der Waals surface area contributed by atoms with E-state index in [0.29, 0.717) is 12.1 Å². The molecule has 18 heavy (non-hydrogen) atoms. The third-order valence-electron chi connectivity index (χ3n) is 3.32. The molecule has 102 valence electrons. The van der Waals surface area contributed by atoms with Gasteiger partial charge in [-0.2, -0.15) is 0 Å². The van der Waals surface area contributed by atoms with Crippen molar-refractivity contribution in [3.8, 4) is 5.75 Å². The summed E-state index contributed by atoms with van der Waals surface area (Å²) < 4.78 is 5.46. The lowest BCUT2D eigenvalue weighted by Crippen LogP contribution is -2.36. The number of likely N-dealkylation sites (N-methyl/N-ethyl adjacent to an activating group) is 2. The lowest BCUT2D eigenvalue weighted by atomic mass is 10.0. The highest BCUT2D eigenvalue weighted by atomic mass is 16.5. The Bertz CT molecular complexity index is 352. The molecule has 0 aromatic heterocycles. The molecular formula is C15H26N2O. The number of nitrogens with zero attached hydrogens (tertiary/aromatic N) is 1. The Morgan fingerprint density at radius 2 is 1.94 bits per heavy atom. The fourth-order valence-corrected chi connectivity index (χ4v) is 1.97. The van der Waals surface area contributed by atoms with Crippen molar-refractivity contribution in [1.29, 1.82) is 0 Å². The van der Waals surface area contributed by atoms with Crippen LogP contribution in [0.1, 0.15) is 32.4 Å². The minimum absolute atomic E-state index is 0.304. The van der Waals surface area contributed by atoms with Gasteiger partial charge in [-0.05, 0) is 33.5 Å². The van der Waals surface area contributed by atoms with Crippen molar-refractivity contribution in [2.75, 3.05) is 27.2 Å². The summed E-state index contributed by atoms with van der Waals surface area (Å²) in [4.78, 5) is 2.35. The van der Waals surface area contributed by atoms with Crippen molar-refractivity contribution in [3.05, 3.63) is 29.8 Å². The fourth-order valence-electron chi connectivity index (χ4n) is 1.97. The number of hydrogen-bond acceptors (Lipinski definition) is 3. The summed E-state index contributed by atoms with van der Waals surface area (Å²) in [6.07, 6.45) is 0. The molecule has 0 aliphatic heterocycles. The molecule has 1 N–H and O–H groups in total. The van der Waals surface area contributed by atoms with E-state index in [0.717, 1.165) is 18.8 Å². The Kier molecular flexibility index (Phi) is 6.16. The molecule has 1 aromatic rings. The third kappa shape index (κ3) is 4.00. The zero-order chi connectivity index (χ0) is 13.5. The number of rotatable bonds is 7. The maximum atomic E-state index is 5.46. The van der Waals surface area contributed by atoms with Crippen molar-refractivity contribution < 1.29 is 4.74 Å². The number of hydrogen-bond donors (Lipinski definition) is 1. The maximum absolute atomic E-state index is 5.46. The zero-order valence-electron chi connectivity index (χ0n) is 12.2. The van der Waals surface area contributed by atoms with Crippen LogP contribution >= 0.6 is 0 Å². The van der Waals surface area contributed by atoms with Crippen molar-refractivity contribution in [2.24, 2.45) is 0 Å². The molecule has 0 heterocycles. The Morgan fingerprint density at radius 1 is 1.28 bits per heavy atom. The van der Waals surface area contributed by atoms with E-state index in [1.807, 2.05) is 12.1 Å². The van der Waals surface area contributed by atoms with Gasteiger partial charge in [-0.25, -0.2) is 0 Å². The van der Waals surface area contributed by atoms with E-state index in [1.54, 1.807) is 7.11 Å². The summed E-state index contributed by atoms with van der Waals surface area (Å²) in [7, 11) is 3.89. The summed E-state index contributed by atoms with van der Waals surface area (Å²) in [5, 5.41) is 3.54. The van der Waals surface area contributed by atoms with Crippen LogP contribution in [0.3, 0.4) is 0 Å². The first kappa shape index (κ1) is 15.0. The Labute approximate surface area is 111 Å². The molecule has 0 amide bonds. The van der Waals surface area contributed by atoms with Crippen LogP contribution in [0.4, 0.5) is 0 Å². The SMILES string of the molecule is CCNC(CN(C)C(C)C)c1ccccc1OC. The monoisotopic (exact) mass is 250 g/mol. The van der Waals surface area contributed by atoms with Gasteiger partial charge in [0.15, 0.2) is 0 Å². The largest absolute Gasteiger partial charge is 0.496 e. The second-order valence-corrected chi connectivity index (χ2v) is 4.89. The quantitative estimate of drug-likeness (QED) is 0.805. The molecule has 1 aromatic carbocycles. The van der Waals surface area contributed by atoms with Gasteiger partial charge in [-0.1, -0.05) is 25.1 Å². The first-order valence-electron chi connectivity index (χ1n) is 6.66. The summed E-state index contributed by atoms with van der Waals surface area (Å²) in [6.45, 7) is 8.49. The maximum Gasteiger partial charge on any atom is 0.123 e. The Morgan fingerprint density at radius 3 is 2.50 bits per heavy atom. The van der Waals surface area contributed by atoms with E-state index in [9.17, 15) is 0 Å². The Balaban J connectivity index is 2.89. The van der Waals surface area contributed by atoms with Gasteiger partial charge in [0.25, 0.3) is 0 Å². The van der Waals surface area contributed by atoms with Crippen LogP contribution in [0.5, 0.6) is 5.75 Å². The Hall–Kier alpha value is -1.06. The second kappa shape index (κ2) is 7.39. The van der Waals surface area contributed by atoms with E-state index in [2.05, 4.69) is 50.2 Å². The van der Waals surface area contributed by atoms with Crippen molar-refractivity contribution >= 4 is 0 Å². The fraction of sp³-hybridized carbons (Fsp3) is 0.600. The molecule has 0 aliphatic carbocycles. The molecule has 1 unspecified atom stereocenters. The lowest BCUT2D eigenvalue weighted by Gasteiger charge is -2.28. The summed E-state index contributed by atoms with van der Waals surface area (Å²) >= 11 is 0. The van der Waals surface area contributed by atoms with Crippen LogP contribution < -0.4 is 10.1 Å². The highest BCUT2D eigenvalue weighted by Crippen LogP contribution is 2.25. The van der Waals surface area contributed by atoms with Crippen LogP contribution in [0.15, 0.2) is 24.3 Å². The molecule has 3 nitrogen and oxygen atoms in total. The predicted octanol–water partition coefficient (Wildman–Crippen LogP) is 2.69. The second-order valence-electron chi connectivity index (χ2n) is 4.89. The van der Waals surface area contributed by atoms with Gasteiger partial charge in [0.1, 0.15) is 5.75 Å². The van der Waals surface area contributed by atoms with E-state index in [4.69, 9.17) is 4.74 Å². The summed E-state index contributed by atoms with van der Waals surface area (Å²) in [5.41, 5.74) is 1.23. The standard InChI is InChI=1S/C15H26N2O/c1-6-16-14(11-17(4)12(2)3)13-9-7-8-10-15(13)18-5/h7-10,12,14,16H,6,11H2,1-5H3. The van der Waals surface area contributed by atoms with Gasteiger partial charge in [0.05, 0.1) is 7.11 Å². The topological polar surface area (TPSA) is 24.5 Å². The van der Waals surface area contributed by atoms with Gasteiger partial charge in [0.2, 0.25) is 0 Å². The molecule has 0 aliphatic rings. The molecular weight excluding hydrogens is 224 g/mol. The van der Waals surface area contributed by atoms with Gasteiger partial charge in [-0.15, -0.1) is 0 Å². The molecule has 0 spiro atoms. The minimum atomic E-state index is 0.304. The molecule has 1 atom stereocenters. The molecule has 0 radical (unpaired) electrons. The van der Waals surface area contributed by atoms with Crippen LogP contribution in [-0.2, 0) is 0 Å². The first-order valence-corrected chi connectivity index (χ1v) is 6.66. The smallest absolute Gasteiger partial charge is 0.123 e. The van der Waals surface area contributed by atoms with Crippen LogP contribution in [0.25, 0.3) is 0 Å². The first-order chi connectivity index (χ1) is 8.60. The third-order valence-corrected chi connectivity index (χ3v) is 3.32. The molecule has 1 rings (SSSR count). The molecule has 0 saturated heterocycles. The van der Waals surface area contributed by atoms with Crippen LogP contribution in [0.2, 0.25) is 0 Å². The predicted molar refractivity (Wildman–Crippen MR) is 77.2 cm³/mol. The van der Waals surface area contributed by atoms with E-state index < -0.39 is 0 Å². The van der Waals surface area contributed by atoms with Gasteiger partial charge >= 0.3 is 0 Å². The van der Waals surface area contributed by atoms with Crippen LogP contribution in [-0.4, -0.2) is 38.2 Å². The van der Waals surface area contributed by atoms with Gasteiger partial charge in [0, 0.05) is 24.2 Å². The molecule has 0 bridgehead atoms. The average molecular weight is 250 g/mol. The minimum Gasteiger partial charge on any atom is -0.496 e. The number of methoxy groups -OCH3 is 1. The molecule has 0 saturated carbocycles. The molecule has 3 heteroatoms. The summed E-state index contributed by atoms with van der Waals surface area (Å²) in [6, 6.07) is 9.09. The highest BCUT2D eigenvalue weighted by Gasteiger charge is 2.17. The normalized spacial score (nSPS) is 13.1. The lowest BCUT2D eigenvalue weighted by molar-refractivity contribution is 0.241. The zero-order valence-corrected chi connectivity index (χ0v) is 12.2.